The lowest BCUT2D eigenvalue weighted by Gasteiger charge is -2.16. The zero-order chi connectivity index (χ0) is 11.9. The van der Waals surface area contributed by atoms with E-state index in [2.05, 4.69) is 4.72 Å². The molecule has 0 spiro atoms. The predicted molar refractivity (Wildman–Crippen MR) is 55.5 cm³/mol. The van der Waals surface area contributed by atoms with Gasteiger partial charge in [0.1, 0.15) is 0 Å². The van der Waals surface area contributed by atoms with Crippen molar-refractivity contribution < 1.29 is 18.3 Å². The van der Waals surface area contributed by atoms with Crippen molar-refractivity contribution in [3.63, 3.8) is 0 Å². The maximum absolute atomic E-state index is 11.4. The van der Waals surface area contributed by atoms with Crippen LogP contribution in [-0.2, 0) is 15.0 Å². The fourth-order valence-corrected chi connectivity index (χ4v) is 1.74. The average Bonchev–Trinajstić information content (AvgIpc) is 2.14. The lowest BCUT2D eigenvalue weighted by Crippen LogP contribution is -2.40. The Morgan fingerprint density at radius 3 is 2.60 bits per heavy atom. The molecule has 0 atom stereocenters. The summed E-state index contributed by atoms with van der Waals surface area (Å²) in [6.07, 6.45) is 0.334. The molecule has 0 aliphatic heterocycles. The number of hydrogen-bond donors (Lipinski definition) is 3. The van der Waals surface area contributed by atoms with Crippen LogP contribution in [0.5, 0.6) is 0 Å². The van der Waals surface area contributed by atoms with E-state index in [1.807, 2.05) is 0 Å². The third kappa shape index (κ3) is 6.39. The fraction of sp³-hybridized carbons (Fsp3) is 0.857. The van der Waals surface area contributed by atoms with Gasteiger partial charge < -0.3 is 10.8 Å². The van der Waals surface area contributed by atoms with Crippen LogP contribution in [0.1, 0.15) is 12.8 Å². The van der Waals surface area contributed by atoms with Gasteiger partial charge in [0.25, 0.3) is 10.2 Å². The Balaban J connectivity index is 4.03. The fourth-order valence-electron chi connectivity index (χ4n) is 0.787. The first-order chi connectivity index (χ1) is 6.90. The van der Waals surface area contributed by atoms with Gasteiger partial charge in [0.05, 0.1) is 6.42 Å². The Kier molecular flexibility index (Phi) is 6.41. The van der Waals surface area contributed by atoms with Gasteiger partial charge >= 0.3 is 5.97 Å². The van der Waals surface area contributed by atoms with Crippen molar-refractivity contribution in [3.8, 4) is 0 Å². The monoisotopic (exact) mass is 239 g/mol. The molecule has 0 heterocycles. The molecule has 4 N–H and O–H groups in total. The van der Waals surface area contributed by atoms with E-state index in [1.165, 1.54) is 7.05 Å². The van der Waals surface area contributed by atoms with Crippen molar-refractivity contribution in [2.45, 2.75) is 12.8 Å². The molecule has 0 aromatic carbocycles. The van der Waals surface area contributed by atoms with Crippen molar-refractivity contribution in [3.05, 3.63) is 0 Å². The van der Waals surface area contributed by atoms with E-state index in [0.29, 0.717) is 13.0 Å². The molecule has 8 heteroatoms. The van der Waals surface area contributed by atoms with Crippen LogP contribution in [-0.4, -0.2) is 50.5 Å². The van der Waals surface area contributed by atoms with Gasteiger partial charge in [-0.25, -0.2) is 4.72 Å². The normalized spacial score (nSPS) is 11.9. The van der Waals surface area contributed by atoms with E-state index in [-0.39, 0.29) is 19.5 Å². The average molecular weight is 239 g/mol. The summed E-state index contributed by atoms with van der Waals surface area (Å²) in [5.41, 5.74) is 5.21. The number of nitrogens with zero attached hydrogens (tertiary/aromatic N) is 1. The molecular weight excluding hydrogens is 222 g/mol. The van der Waals surface area contributed by atoms with Crippen LogP contribution in [0.4, 0.5) is 0 Å². The van der Waals surface area contributed by atoms with E-state index in [0.717, 1.165) is 4.31 Å². The second kappa shape index (κ2) is 6.72. The van der Waals surface area contributed by atoms with Crippen molar-refractivity contribution in [1.82, 2.24) is 9.03 Å². The van der Waals surface area contributed by atoms with Crippen LogP contribution in [0, 0.1) is 0 Å². The number of nitrogens with two attached hydrogens (primary N) is 1. The van der Waals surface area contributed by atoms with Crippen molar-refractivity contribution in [1.29, 1.82) is 0 Å². The highest BCUT2D eigenvalue weighted by Gasteiger charge is 2.16. The third-order valence-corrected chi connectivity index (χ3v) is 3.29. The number of hydrogen-bond acceptors (Lipinski definition) is 4. The van der Waals surface area contributed by atoms with Crippen molar-refractivity contribution in [2.24, 2.45) is 5.73 Å². The Labute approximate surface area is 89.4 Å². The lowest BCUT2D eigenvalue weighted by atomic mass is 10.4. The van der Waals surface area contributed by atoms with E-state index in [4.69, 9.17) is 10.8 Å². The molecule has 15 heavy (non-hydrogen) atoms. The predicted octanol–water partition coefficient (Wildman–Crippen LogP) is -1.42. The Morgan fingerprint density at radius 2 is 2.13 bits per heavy atom. The molecule has 0 aromatic rings. The Hall–Kier alpha value is -0.700. The van der Waals surface area contributed by atoms with E-state index in [9.17, 15) is 13.2 Å². The maximum atomic E-state index is 11.4. The smallest absolute Gasteiger partial charge is 0.304 e. The summed E-state index contributed by atoms with van der Waals surface area (Å²) in [6, 6.07) is 0. The van der Waals surface area contributed by atoms with Crippen LogP contribution in [0.25, 0.3) is 0 Å². The van der Waals surface area contributed by atoms with Crippen molar-refractivity contribution in [2.75, 3.05) is 26.7 Å². The molecule has 0 unspecified atom stereocenters. The van der Waals surface area contributed by atoms with Gasteiger partial charge in [-0.1, -0.05) is 0 Å². The molecule has 0 bridgehead atoms. The zero-order valence-corrected chi connectivity index (χ0v) is 9.46. The SMILES string of the molecule is CN(CCC(=O)O)S(=O)(=O)NCCCN. The molecule has 0 saturated carbocycles. The number of rotatable bonds is 8. The minimum absolute atomic E-state index is 0.0483. The van der Waals surface area contributed by atoms with Crippen LogP contribution in [0.3, 0.4) is 0 Å². The minimum atomic E-state index is -3.56. The molecular formula is C7H17N3O4S. The van der Waals surface area contributed by atoms with Gasteiger partial charge in [-0.3, -0.25) is 4.79 Å². The summed E-state index contributed by atoms with van der Waals surface area (Å²) in [6.45, 7) is 0.616. The zero-order valence-electron chi connectivity index (χ0n) is 8.64. The van der Waals surface area contributed by atoms with Crippen LogP contribution >= 0.6 is 0 Å². The molecule has 0 rings (SSSR count). The molecule has 0 saturated heterocycles. The summed E-state index contributed by atoms with van der Waals surface area (Å²) < 4.78 is 26.1. The van der Waals surface area contributed by atoms with E-state index >= 15 is 0 Å². The highest BCUT2D eigenvalue weighted by Crippen LogP contribution is 1.95. The second-order valence-electron chi connectivity index (χ2n) is 3.01. The van der Waals surface area contributed by atoms with Gasteiger partial charge in [-0.15, -0.1) is 0 Å². The topological polar surface area (TPSA) is 113 Å². The highest BCUT2D eigenvalue weighted by molar-refractivity contribution is 7.87. The van der Waals surface area contributed by atoms with Crippen molar-refractivity contribution >= 4 is 16.2 Å². The number of carboxylic acid groups (broad SMARTS) is 1. The molecule has 7 nitrogen and oxygen atoms in total. The summed E-state index contributed by atoms with van der Waals surface area (Å²) in [5, 5.41) is 8.38. The molecule has 0 aromatic heterocycles. The van der Waals surface area contributed by atoms with Gasteiger partial charge in [0, 0.05) is 20.1 Å². The van der Waals surface area contributed by atoms with Crippen LogP contribution in [0.2, 0.25) is 0 Å². The Morgan fingerprint density at radius 1 is 1.53 bits per heavy atom. The first-order valence-corrected chi connectivity index (χ1v) is 5.97. The summed E-state index contributed by atoms with van der Waals surface area (Å²) in [5.74, 6) is -1.03. The Bertz CT molecular complexity index is 291. The first-order valence-electron chi connectivity index (χ1n) is 4.53. The number of aliphatic carboxylic acids is 1. The standard InChI is InChI=1S/C7H17N3O4S/c1-10(6-3-7(11)12)15(13,14)9-5-2-4-8/h9H,2-6,8H2,1H3,(H,11,12). The highest BCUT2D eigenvalue weighted by atomic mass is 32.2. The van der Waals surface area contributed by atoms with Crippen LogP contribution in [0.15, 0.2) is 0 Å². The molecule has 90 valence electrons. The lowest BCUT2D eigenvalue weighted by molar-refractivity contribution is -0.137. The largest absolute Gasteiger partial charge is 0.481 e. The number of nitrogens with one attached hydrogen (secondary N) is 1. The quantitative estimate of drug-likeness (QED) is 0.450. The first kappa shape index (κ1) is 14.3. The number of carboxylic acids is 1. The molecule has 0 amide bonds. The molecule has 0 fully saturated rings. The minimum Gasteiger partial charge on any atom is -0.481 e. The summed E-state index contributed by atoms with van der Waals surface area (Å²) >= 11 is 0. The molecule has 0 aliphatic rings. The third-order valence-electron chi connectivity index (χ3n) is 1.72. The molecule has 0 radical (unpaired) electrons. The summed E-state index contributed by atoms with van der Waals surface area (Å²) in [4.78, 5) is 10.2. The van der Waals surface area contributed by atoms with Gasteiger partial charge in [0.2, 0.25) is 0 Å². The molecule has 0 aliphatic carbocycles. The van der Waals surface area contributed by atoms with E-state index < -0.39 is 16.2 Å². The van der Waals surface area contributed by atoms with Crippen LogP contribution < -0.4 is 10.5 Å². The van der Waals surface area contributed by atoms with Gasteiger partial charge in [-0.2, -0.15) is 12.7 Å². The number of carbonyl (C=O) groups is 1. The second-order valence-corrected chi connectivity index (χ2v) is 4.87. The van der Waals surface area contributed by atoms with Gasteiger partial charge in [0.15, 0.2) is 0 Å². The van der Waals surface area contributed by atoms with Gasteiger partial charge in [-0.05, 0) is 13.0 Å². The maximum Gasteiger partial charge on any atom is 0.304 e. The van der Waals surface area contributed by atoms with E-state index in [1.54, 1.807) is 0 Å². The summed E-state index contributed by atoms with van der Waals surface area (Å²) in [7, 11) is -2.24.